The molecule has 1 amide bonds. The zero-order valence-electron chi connectivity index (χ0n) is 9.44. The number of methoxy groups -OCH3 is 1. The third-order valence-electron chi connectivity index (χ3n) is 1.81. The minimum absolute atomic E-state index is 0.100. The van der Waals surface area contributed by atoms with Crippen molar-refractivity contribution >= 4 is 11.9 Å². The standard InChI is InChI=1S/C10H18N2O4/c1-3-4-11-7-9(13)12(5-6-16-2)8-10(14)15/h3,11H,1,4-8H2,2H3,(H,14,15). The molecule has 0 saturated heterocycles. The average molecular weight is 230 g/mol. The highest BCUT2D eigenvalue weighted by atomic mass is 16.5. The maximum Gasteiger partial charge on any atom is 0.323 e. The monoisotopic (exact) mass is 230 g/mol. The number of hydrogen-bond acceptors (Lipinski definition) is 4. The van der Waals surface area contributed by atoms with Gasteiger partial charge in [-0.25, -0.2) is 0 Å². The van der Waals surface area contributed by atoms with Gasteiger partial charge in [0.05, 0.1) is 13.2 Å². The molecule has 0 bridgehead atoms. The van der Waals surface area contributed by atoms with E-state index in [0.29, 0.717) is 13.2 Å². The summed E-state index contributed by atoms with van der Waals surface area (Å²) >= 11 is 0. The number of rotatable bonds is 9. The van der Waals surface area contributed by atoms with Crippen LogP contribution in [0.5, 0.6) is 0 Å². The molecule has 6 nitrogen and oxygen atoms in total. The van der Waals surface area contributed by atoms with Crippen LogP contribution < -0.4 is 5.32 Å². The van der Waals surface area contributed by atoms with Gasteiger partial charge in [-0.2, -0.15) is 0 Å². The summed E-state index contributed by atoms with van der Waals surface area (Å²) in [6, 6.07) is 0. The van der Waals surface area contributed by atoms with Crippen LogP contribution >= 0.6 is 0 Å². The molecule has 0 spiro atoms. The maximum atomic E-state index is 11.6. The van der Waals surface area contributed by atoms with Crippen molar-refractivity contribution in [2.24, 2.45) is 0 Å². The van der Waals surface area contributed by atoms with Gasteiger partial charge in [-0.05, 0) is 0 Å². The predicted molar refractivity (Wildman–Crippen MR) is 59.2 cm³/mol. The molecule has 0 aliphatic heterocycles. The van der Waals surface area contributed by atoms with Crippen LogP contribution in [0.2, 0.25) is 0 Å². The van der Waals surface area contributed by atoms with Gasteiger partial charge in [0, 0.05) is 20.2 Å². The van der Waals surface area contributed by atoms with E-state index in [4.69, 9.17) is 9.84 Å². The van der Waals surface area contributed by atoms with Gasteiger partial charge in [0.25, 0.3) is 0 Å². The molecule has 0 aromatic carbocycles. The molecule has 0 atom stereocenters. The van der Waals surface area contributed by atoms with E-state index in [2.05, 4.69) is 11.9 Å². The SMILES string of the molecule is C=CCNCC(=O)N(CCOC)CC(=O)O. The molecule has 0 aliphatic carbocycles. The lowest BCUT2D eigenvalue weighted by Gasteiger charge is -2.20. The third kappa shape index (κ3) is 6.97. The fourth-order valence-electron chi connectivity index (χ4n) is 1.05. The number of hydrogen-bond donors (Lipinski definition) is 2. The lowest BCUT2D eigenvalue weighted by atomic mass is 10.4. The van der Waals surface area contributed by atoms with E-state index in [9.17, 15) is 9.59 Å². The van der Waals surface area contributed by atoms with Crippen LogP contribution in [-0.2, 0) is 14.3 Å². The normalized spacial score (nSPS) is 9.81. The lowest BCUT2D eigenvalue weighted by molar-refractivity contribution is -0.144. The number of carbonyl (C=O) groups excluding carboxylic acids is 1. The van der Waals surface area contributed by atoms with E-state index in [1.807, 2.05) is 0 Å². The topological polar surface area (TPSA) is 78.9 Å². The molecule has 0 aromatic heterocycles. The highest BCUT2D eigenvalue weighted by molar-refractivity contribution is 5.82. The molecule has 6 heteroatoms. The van der Waals surface area contributed by atoms with E-state index in [1.165, 1.54) is 12.0 Å². The molecule has 0 saturated carbocycles. The average Bonchev–Trinajstić information content (AvgIpc) is 2.23. The summed E-state index contributed by atoms with van der Waals surface area (Å²) < 4.78 is 4.81. The molecule has 0 heterocycles. The third-order valence-corrected chi connectivity index (χ3v) is 1.81. The second kappa shape index (κ2) is 8.87. The van der Waals surface area contributed by atoms with Gasteiger partial charge >= 0.3 is 5.97 Å². The number of carboxylic acids is 1. The largest absolute Gasteiger partial charge is 0.480 e. The smallest absolute Gasteiger partial charge is 0.323 e. The van der Waals surface area contributed by atoms with Crippen molar-refractivity contribution < 1.29 is 19.4 Å². The molecule has 0 rings (SSSR count). The first-order chi connectivity index (χ1) is 7.61. The fraction of sp³-hybridized carbons (Fsp3) is 0.600. The van der Waals surface area contributed by atoms with Gasteiger partial charge in [-0.15, -0.1) is 6.58 Å². The summed E-state index contributed by atoms with van der Waals surface area (Å²) in [4.78, 5) is 23.3. The Morgan fingerprint density at radius 3 is 2.75 bits per heavy atom. The van der Waals surface area contributed by atoms with E-state index < -0.39 is 5.97 Å². The summed E-state index contributed by atoms with van der Waals surface area (Å²) in [5, 5.41) is 11.5. The van der Waals surface area contributed by atoms with Crippen LogP contribution in [-0.4, -0.2) is 61.8 Å². The van der Waals surface area contributed by atoms with E-state index in [0.717, 1.165) is 0 Å². The van der Waals surface area contributed by atoms with Gasteiger partial charge in [-0.3, -0.25) is 9.59 Å². The van der Waals surface area contributed by atoms with Crippen molar-refractivity contribution in [1.29, 1.82) is 0 Å². The molecule has 16 heavy (non-hydrogen) atoms. The summed E-state index contributed by atoms with van der Waals surface area (Å²) in [5.74, 6) is -1.30. The van der Waals surface area contributed by atoms with Gasteiger partial charge in [-0.1, -0.05) is 6.08 Å². The van der Waals surface area contributed by atoms with Gasteiger partial charge in [0.1, 0.15) is 6.54 Å². The molecule has 92 valence electrons. The number of carboxylic acid groups (broad SMARTS) is 1. The van der Waals surface area contributed by atoms with Gasteiger partial charge < -0.3 is 20.1 Å². The Labute approximate surface area is 94.9 Å². The maximum absolute atomic E-state index is 11.6. The molecule has 0 aromatic rings. The Kier molecular flexibility index (Phi) is 8.10. The highest BCUT2D eigenvalue weighted by Gasteiger charge is 2.15. The number of amides is 1. The Morgan fingerprint density at radius 1 is 1.56 bits per heavy atom. The Hall–Kier alpha value is -1.40. The molecule has 2 N–H and O–H groups in total. The van der Waals surface area contributed by atoms with E-state index >= 15 is 0 Å². The van der Waals surface area contributed by atoms with E-state index in [-0.39, 0.29) is 25.5 Å². The first-order valence-corrected chi connectivity index (χ1v) is 4.92. The van der Waals surface area contributed by atoms with Gasteiger partial charge in [0.2, 0.25) is 5.91 Å². The Morgan fingerprint density at radius 2 is 2.25 bits per heavy atom. The number of nitrogens with one attached hydrogen (secondary N) is 1. The fourth-order valence-corrected chi connectivity index (χ4v) is 1.05. The lowest BCUT2D eigenvalue weighted by Crippen LogP contribution is -2.42. The number of carbonyl (C=O) groups is 2. The van der Waals surface area contributed by atoms with Crippen LogP contribution in [0.1, 0.15) is 0 Å². The predicted octanol–water partition coefficient (Wildman–Crippen LogP) is -0.678. The van der Waals surface area contributed by atoms with Crippen molar-refractivity contribution in [3.63, 3.8) is 0 Å². The Bertz CT molecular complexity index is 243. The first-order valence-electron chi connectivity index (χ1n) is 4.92. The zero-order chi connectivity index (χ0) is 12.4. The van der Waals surface area contributed by atoms with Crippen LogP contribution in [0.4, 0.5) is 0 Å². The summed E-state index contributed by atoms with van der Waals surface area (Å²) in [5.41, 5.74) is 0. The molecule has 0 radical (unpaired) electrons. The number of nitrogens with zero attached hydrogens (tertiary/aromatic N) is 1. The summed E-state index contributed by atoms with van der Waals surface area (Å²) in [7, 11) is 1.50. The molecular formula is C10H18N2O4. The van der Waals surface area contributed by atoms with Crippen LogP contribution in [0.15, 0.2) is 12.7 Å². The van der Waals surface area contributed by atoms with Crippen molar-refractivity contribution in [3.8, 4) is 0 Å². The van der Waals surface area contributed by atoms with Crippen molar-refractivity contribution in [2.75, 3.05) is 39.9 Å². The second-order valence-corrected chi connectivity index (χ2v) is 3.12. The van der Waals surface area contributed by atoms with E-state index in [1.54, 1.807) is 6.08 Å². The van der Waals surface area contributed by atoms with Crippen molar-refractivity contribution in [3.05, 3.63) is 12.7 Å². The summed E-state index contributed by atoms with van der Waals surface area (Å²) in [6.45, 7) is 4.40. The van der Waals surface area contributed by atoms with Crippen molar-refractivity contribution in [2.45, 2.75) is 0 Å². The first kappa shape index (κ1) is 14.6. The molecule has 0 unspecified atom stereocenters. The number of ether oxygens (including phenoxy) is 1. The second-order valence-electron chi connectivity index (χ2n) is 3.12. The van der Waals surface area contributed by atoms with Crippen LogP contribution in [0.25, 0.3) is 0 Å². The quantitative estimate of drug-likeness (QED) is 0.405. The minimum Gasteiger partial charge on any atom is -0.480 e. The molecule has 0 fully saturated rings. The number of aliphatic carboxylic acids is 1. The Balaban J connectivity index is 4.08. The minimum atomic E-state index is -1.03. The zero-order valence-corrected chi connectivity index (χ0v) is 9.44. The molecule has 0 aliphatic rings. The highest BCUT2D eigenvalue weighted by Crippen LogP contribution is 1.90. The van der Waals surface area contributed by atoms with Crippen LogP contribution in [0.3, 0.4) is 0 Å². The van der Waals surface area contributed by atoms with Gasteiger partial charge in [0.15, 0.2) is 0 Å². The summed E-state index contributed by atoms with van der Waals surface area (Å²) in [6.07, 6.45) is 1.63. The molecular weight excluding hydrogens is 212 g/mol. The van der Waals surface area contributed by atoms with Crippen LogP contribution in [0, 0.1) is 0 Å². The van der Waals surface area contributed by atoms with Crippen molar-refractivity contribution in [1.82, 2.24) is 10.2 Å².